The number of carboxylic acids is 1. The van der Waals surface area contributed by atoms with Crippen LogP contribution in [0.25, 0.3) is 0 Å². The summed E-state index contributed by atoms with van der Waals surface area (Å²) in [5.74, 6) is -0.841. The van der Waals surface area contributed by atoms with Crippen LogP contribution >= 0.6 is 0 Å². The quantitative estimate of drug-likeness (QED) is 0.650. The molecule has 1 fully saturated rings. The average molecular weight is 412 g/mol. The van der Waals surface area contributed by atoms with Crippen molar-refractivity contribution in [3.63, 3.8) is 0 Å². The summed E-state index contributed by atoms with van der Waals surface area (Å²) in [5.41, 5.74) is 0. The smallest absolute Gasteiger partial charge is 0.326 e. The summed E-state index contributed by atoms with van der Waals surface area (Å²) in [7, 11) is 0. The van der Waals surface area contributed by atoms with Crippen molar-refractivity contribution in [1.29, 1.82) is 0 Å². The molecular weight excluding hydrogens is 384 g/mol. The minimum absolute atomic E-state index is 0.165. The van der Waals surface area contributed by atoms with Crippen LogP contribution in [0.15, 0.2) is 66.7 Å². The van der Waals surface area contributed by atoms with Gasteiger partial charge in [-0.1, -0.05) is 54.6 Å². The van der Waals surface area contributed by atoms with E-state index in [1.807, 2.05) is 66.7 Å². The maximum atomic E-state index is 12.0. The highest BCUT2D eigenvalue weighted by Crippen LogP contribution is 2.17. The molecule has 0 saturated carbocycles. The Morgan fingerprint density at radius 1 is 1.00 bits per heavy atom. The van der Waals surface area contributed by atoms with E-state index in [0.29, 0.717) is 32.4 Å². The number of para-hydroxylation sites is 1. The Morgan fingerprint density at radius 2 is 1.60 bits per heavy atom. The molecule has 1 aliphatic rings. The Kier molecular flexibility index (Phi) is 9.92. The highest BCUT2D eigenvalue weighted by atomic mass is 16.5. The van der Waals surface area contributed by atoms with Gasteiger partial charge < -0.3 is 20.1 Å². The largest absolute Gasteiger partial charge is 0.494 e. The summed E-state index contributed by atoms with van der Waals surface area (Å²) < 4.78 is 5.48. The van der Waals surface area contributed by atoms with Gasteiger partial charge in [0.15, 0.2) is 0 Å². The summed E-state index contributed by atoms with van der Waals surface area (Å²) in [6.07, 6.45) is 1.93. The Balaban J connectivity index is 0.000000456. The zero-order valence-corrected chi connectivity index (χ0v) is 16.9. The topological polar surface area (TPSA) is 95.9 Å². The second kappa shape index (κ2) is 13.0. The fourth-order valence-electron chi connectivity index (χ4n) is 3.01. The molecule has 2 aromatic rings. The van der Waals surface area contributed by atoms with Crippen molar-refractivity contribution >= 4 is 17.8 Å². The molecule has 1 atom stereocenters. The second-order valence-corrected chi connectivity index (χ2v) is 6.78. The Morgan fingerprint density at radius 3 is 2.20 bits per heavy atom. The van der Waals surface area contributed by atoms with Gasteiger partial charge >= 0.3 is 5.97 Å². The number of nitrogens with zero attached hydrogens (tertiary/aromatic N) is 1. The molecule has 7 heteroatoms. The zero-order chi connectivity index (χ0) is 21.6. The van der Waals surface area contributed by atoms with Crippen molar-refractivity contribution in [3.8, 4) is 5.75 Å². The Hall–Kier alpha value is -3.35. The number of hydrogen-bond acceptors (Lipinski definition) is 4. The zero-order valence-electron chi connectivity index (χ0n) is 16.9. The number of aliphatic carboxylic acids is 1. The second-order valence-electron chi connectivity index (χ2n) is 6.78. The van der Waals surface area contributed by atoms with E-state index in [4.69, 9.17) is 9.84 Å². The molecule has 30 heavy (non-hydrogen) atoms. The molecule has 1 unspecified atom stereocenters. The van der Waals surface area contributed by atoms with Gasteiger partial charge in [-0.3, -0.25) is 9.59 Å². The third kappa shape index (κ3) is 8.34. The summed E-state index contributed by atoms with van der Waals surface area (Å²) in [6.45, 7) is 0.678. The summed E-state index contributed by atoms with van der Waals surface area (Å²) in [4.78, 5) is 36.1. The van der Waals surface area contributed by atoms with Crippen molar-refractivity contribution < 1.29 is 24.2 Å². The molecule has 0 radical (unpaired) electrons. The molecule has 1 heterocycles. The molecule has 2 aromatic carbocycles. The summed E-state index contributed by atoms with van der Waals surface area (Å²) in [6, 6.07) is 20.6. The van der Waals surface area contributed by atoms with E-state index < -0.39 is 12.0 Å². The molecule has 160 valence electrons. The number of amides is 2. The highest BCUT2D eigenvalue weighted by Gasteiger charge is 2.33. The Bertz CT molecular complexity index is 756. The Labute approximate surface area is 176 Å². The van der Waals surface area contributed by atoms with Crippen LogP contribution in [0, 0.1) is 0 Å². The van der Waals surface area contributed by atoms with E-state index in [1.165, 1.54) is 4.90 Å². The molecule has 7 nitrogen and oxygen atoms in total. The van der Waals surface area contributed by atoms with Gasteiger partial charge in [0, 0.05) is 13.0 Å². The number of hydrogen-bond donors (Lipinski definition) is 2. The molecule has 1 saturated heterocycles. The fourth-order valence-corrected chi connectivity index (χ4v) is 3.01. The SMILES string of the molecule is O=C(CCCOc1ccccc1)NCC(=O)N1CCCC1C(=O)O.c1ccccc1. The van der Waals surface area contributed by atoms with Crippen molar-refractivity contribution in [3.05, 3.63) is 66.7 Å². The van der Waals surface area contributed by atoms with Crippen molar-refractivity contribution in [2.24, 2.45) is 0 Å². The maximum Gasteiger partial charge on any atom is 0.326 e. The van der Waals surface area contributed by atoms with E-state index in [0.717, 1.165) is 5.75 Å². The van der Waals surface area contributed by atoms with Crippen LogP contribution < -0.4 is 10.1 Å². The van der Waals surface area contributed by atoms with Gasteiger partial charge in [-0.15, -0.1) is 0 Å². The van der Waals surface area contributed by atoms with Crippen LogP contribution in [0.3, 0.4) is 0 Å². The molecule has 0 spiro atoms. The minimum Gasteiger partial charge on any atom is -0.494 e. The number of carbonyl (C=O) groups is 3. The van der Waals surface area contributed by atoms with Gasteiger partial charge in [-0.25, -0.2) is 4.79 Å². The number of carboxylic acid groups (broad SMARTS) is 1. The van der Waals surface area contributed by atoms with Crippen LogP contribution in [-0.4, -0.2) is 53.5 Å². The lowest BCUT2D eigenvalue weighted by Gasteiger charge is -2.21. The predicted molar refractivity (Wildman–Crippen MR) is 113 cm³/mol. The van der Waals surface area contributed by atoms with Gasteiger partial charge in [0.25, 0.3) is 0 Å². The predicted octanol–water partition coefficient (Wildman–Crippen LogP) is 2.72. The monoisotopic (exact) mass is 412 g/mol. The van der Waals surface area contributed by atoms with Gasteiger partial charge in [-0.05, 0) is 31.4 Å². The van der Waals surface area contributed by atoms with Crippen LogP contribution in [0.4, 0.5) is 0 Å². The van der Waals surface area contributed by atoms with E-state index in [1.54, 1.807) is 0 Å². The van der Waals surface area contributed by atoms with Crippen LogP contribution in [0.5, 0.6) is 5.75 Å². The number of ether oxygens (including phenoxy) is 1. The standard InChI is InChI=1S/C17H22N2O5.C6H6/c20-15(9-5-11-24-13-6-2-1-3-7-13)18-12-16(21)19-10-4-8-14(19)17(22)23;1-2-4-6-5-3-1/h1-3,6-7,14H,4-5,8-12H2,(H,18,20)(H,22,23);1-6H. The molecule has 0 aliphatic carbocycles. The fraction of sp³-hybridized carbons (Fsp3) is 0.348. The van der Waals surface area contributed by atoms with E-state index >= 15 is 0 Å². The molecule has 3 rings (SSSR count). The summed E-state index contributed by atoms with van der Waals surface area (Å²) >= 11 is 0. The van der Waals surface area contributed by atoms with Crippen molar-refractivity contribution in [2.75, 3.05) is 19.7 Å². The van der Waals surface area contributed by atoms with Gasteiger partial charge in [0.1, 0.15) is 11.8 Å². The first kappa shape index (κ1) is 22.9. The lowest BCUT2D eigenvalue weighted by molar-refractivity contribution is -0.148. The number of rotatable bonds is 8. The lowest BCUT2D eigenvalue weighted by atomic mass is 10.2. The van der Waals surface area contributed by atoms with E-state index in [2.05, 4.69) is 5.32 Å². The molecule has 1 aliphatic heterocycles. The third-order valence-electron chi connectivity index (χ3n) is 4.52. The normalized spacial score (nSPS) is 14.9. The van der Waals surface area contributed by atoms with E-state index in [9.17, 15) is 14.4 Å². The number of benzene rings is 2. The summed E-state index contributed by atoms with van der Waals surface area (Å²) in [5, 5.41) is 11.6. The number of carbonyl (C=O) groups excluding carboxylic acids is 2. The van der Waals surface area contributed by atoms with Gasteiger partial charge in [0.2, 0.25) is 11.8 Å². The van der Waals surface area contributed by atoms with Crippen LogP contribution in [0.2, 0.25) is 0 Å². The van der Waals surface area contributed by atoms with Crippen molar-refractivity contribution in [1.82, 2.24) is 10.2 Å². The van der Waals surface area contributed by atoms with Gasteiger partial charge in [-0.2, -0.15) is 0 Å². The lowest BCUT2D eigenvalue weighted by Crippen LogP contribution is -2.45. The maximum absolute atomic E-state index is 12.0. The van der Waals surface area contributed by atoms with Crippen LogP contribution in [0.1, 0.15) is 25.7 Å². The number of likely N-dealkylation sites (tertiary alicyclic amines) is 1. The molecule has 2 amide bonds. The van der Waals surface area contributed by atoms with Crippen LogP contribution in [-0.2, 0) is 14.4 Å². The molecule has 0 aromatic heterocycles. The third-order valence-corrected chi connectivity index (χ3v) is 4.52. The average Bonchev–Trinajstić information content (AvgIpc) is 3.28. The molecule has 2 N–H and O–H groups in total. The molecule has 0 bridgehead atoms. The first-order valence-electron chi connectivity index (χ1n) is 10.0. The number of nitrogens with one attached hydrogen (secondary N) is 1. The first-order valence-corrected chi connectivity index (χ1v) is 10.0. The van der Waals surface area contributed by atoms with Crippen molar-refractivity contribution in [2.45, 2.75) is 31.7 Å². The van der Waals surface area contributed by atoms with Gasteiger partial charge in [0.05, 0.1) is 13.2 Å². The minimum atomic E-state index is -0.995. The first-order chi connectivity index (χ1) is 14.6. The van der Waals surface area contributed by atoms with E-state index in [-0.39, 0.29) is 24.8 Å². The molecular formula is C23H28N2O5. The highest BCUT2D eigenvalue weighted by molar-refractivity contribution is 5.88.